The first-order chi connectivity index (χ1) is 11.2. The van der Waals surface area contributed by atoms with Crippen molar-refractivity contribution in [2.24, 2.45) is 7.05 Å². The van der Waals surface area contributed by atoms with Crippen LogP contribution in [0.2, 0.25) is 0 Å². The highest BCUT2D eigenvalue weighted by Gasteiger charge is 2.09. The Bertz CT molecular complexity index is 813. The van der Waals surface area contributed by atoms with Crippen LogP contribution in [0.15, 0.2) is 30.5 Å². The SMILES string of the molecule is CCOCc1ccccc1CNc1nc(N)c2cnn(C)c2n1. The molecule has 7 heteroatoms. The summed E-state index contributed by atoms with van der Waals surface area (Å²) < 4.78 is 7.19. The molecule has 120 valence electrons. The number of benzene rings is 1. The molecule has 2 aromatic heterocycles. The van der Waals surface area contributed by atoms with Gasteiger partial charge in [-0.05, 0) is 18.1 Å². The molecule has 0 aliphatic heterocycles. The Morgan fingerprint density at radius 3 is 2.78 bits per heavy atom. The summed E-state index contributed by atoms with van der Waals surface area (Å²) in [7, 11) is 1.83. The van der Waals surface area contributed by atoms with Gasteiger partial charge in [-0.15, -0.1) is 0 Å². The maximum atomic E-state index is 5.97. The maximum absolute atomic E-state index is 5.97. The molecular weight excluding hydrogens is 292 g/mol. The first-order valence-corrected chi connectivity index (χ1v) is 7.52. The highest BCUT2D eigenvalue weighted by molar-refractivity contribution is 5.86. The minimum atomic E-state index is 0.424. The van der Waals surface area contributed by atoms with E-state index in [0.29, 0.717) is 37.2 Å². The Morgan fingerprint density at radius 2 is 2.00 bits per heavy atom. The third-order valence-corrected chi connectivity index (χ3v) is 3.64. The van der Waals surface area contributed by atoms with E-state index in [2.05, 4.69) is 32.5 Å². The van der Waals surface area contributed by atoms with Gasteiger partial charge in [0.25, 0.3) is 0 Å². The lowest BCUT2D eigenvalue weighted by atomic mass is 10.1. The number of hydrogen-bond acceptors (Lipinski definition) is 6. The highest BCUT2D eigenvalue weighted by Crippen LogP contribution is 2.19. The molecule has 23 heavy (non-hydrogen) atoms. The van der Waals surface area contributed by atoms with E-state index in [4.69, 9.17) is 10.5 Å². The Balaban J connectivity index is 1.79. The van der Waals surface area contributed by atoms with E-state index in [1.807, 2.05) is 26.1 Å². The Labute approximate surface area is 134 Å². The molecule has 0 amide bonds. The molecule has 0 bridgehead atoms. The molecule has 0 aliphatic carbocycles. The zero-order chi connectivity index (χ0) is 16.2. The van der Waals surface area contributed by atoms with Crippen LogP contribution in [-0.4, -0.2) is 26.4 Å². The number of rotatable bonds is 6. The summed E-state index contributed by atoms with van der Waals surface area (Å²) in [5, 5.41) is 8.14. The zero-order valence-electron chi connectivity index (χ0n) is 13.3. The summed E-state index contributed by atoms with van der Waals surface area (Å²) in [5.74, 6) is 0.915. The van der Waals surface area contributed by atoms with Crippen molar-refractivity contribution in [3.8, 4) is 0 Å². The summed E-state index contributed by atoms with van der Waals surface area (Å²) >= 11 is 0. The number of aryl methyl sites for hydroxylation is 1. The lowest BCUT2D eigenvalue weighted by molar-refractivity contribution is 0.133. The van der Waals surface area contributed by atoms with E-state index in [1.165, 1.54) is 0 Å². The van der Waals surface area contributed by atoms with Gasteiger partial charge in [0.05, 0.1) is 18.2 Å². The lowest BCUT2D eigenvalue weighted by Gasteiger charge is -2.11. The van der Waals surface area contributed by atoms with Crippen molar-refractivity contribution in [3.63, 3.8) is 0 Å². The summed E-state index contributed by atoms with van der Waals surface area (Å²) in [5.41, 5.74) is 8.98. The predicted octanol–water partition coefficient (Wildman–Crippen LogP) is 2.09. The van der Waals surface area contributed by atoms with Crippen LogP contribution in [0, 0.1) is 0 Å². The van der Waals surface area contributed by atoms with Crippen molar-refractivity contribution in [1.82, 2.24) is 19.7 Å². The molecule has 3 rings (SSSR count). The van der Waals surface area contributed by atoms with Crippen LogP contribution in [-0.2, 0) is 24.9 Å². The first kappa shape index (κ1) is 15.2. The Hall–Kier alpha value is -2.67. The molecule has 3 aromatic rings. The van der Waals surface area contributed by atoms with Crippen molar-refractivity contribution in [2.45, 2.75) is 20.1 Å². The van der Waals surface area contributed by atoms with Crippen LogP contribution in [0.1, 0.15) is 18.1 Å². The summed E-state index contributed by atoms with van der Waals surface area (Å²) in [6, 6.07) is 8.14. The van der Waals surface area contributed by atoms with Gasteiger partial charge < -0.3 is 15.8 Å². The number of nitrogens with zero attached hydrogens (tertiary/aromatic N) is 4. The van der Waals surface area contributed by atoms with Gasteiger partial charge in [0, 0.05) is 20.2 Å². The third-order valence-electron chi connectivity index (χ3n) is 3.64. The van der Waals surface area contributed by atoms with Gasteiger partial charge in [-0.2, -0.15) is 15.1 Å². The number of fused-ring (bicyclic) bond motifs is 1. The second-order valence-corrected chi connectivity index (χ2v) is 5.20. The van der Waals surface area contributed by atoms with E-state index in [0.717, 1.165) is 16.5 Å². The number of aromatic nitrogens is 4. The first-order valence-electron chi connectivity index (χ1n) is 7.52. The van der Waals surface area contributed by atoms with E-state index in [1.54, 1.807) is 10.9 Å². The topological polar surface area (TPSA) is 90.9 Å². The van der Waals surface area contributed by atoms with Crippen LogP contribution in [0.5, 0.6) is 0 Å². The fourth-order valence-corrected chi connectivity index (χ4v) is 2.38. The van der Waals surface area contributed by atoms with E-state index in [-0.39, 0.29) is 0 Å². The number of nitrogens with two attached hydrogens (primary N) is 1. The molecule has 0 atom stereocenters. The fraction of sp³-hybridized carbons (Fsp3) is 0.312. The van der Waals surface area contributed by atoms with Gasteiger partial charge in [0.15, 0.2) is 5.65 Å². The number of nitrogens with one attached hydrogen (secondary N) is 1. The van der Waals surface area contributed by atoms with E-state index >= 15 is 0 Å². The van der Waals surface area contributed by atoms with Gasteiger partial charge in [0.1, 0.15) is 5.82 Å². The lowest BCUT2D eigenvalue weighted by Crippen LogP contribution is -2.08. The third kappa shape index (κ3) is 3.24. The summed E-state index contributed by atoms with van der Waals surface area (Å²) in [4.78, 5) is 8.76. The Morgan fingerprint density at radius 1 is 1.22 bits per heavy atom. The molecule has 0 radical (unpaired) electrons. The fourth-order valence-electron chi connectivity index (χ4n) is 2.38. The highest BCUT2D eigenvalue weighted by atomic mass is 16.5. The number of ether oxygens (including phenoxy) is 1. The molecule has 3 N–H and O–H groups in total. The minimum Gasteiger partial charge on any atom is -0.383 e. The molecule has 0 unspecified atom stereocenters. The molecule has 2 heterocycles. The molecule has 0 saturated carbocycles. The monoisotopic (exact) mass is 312 g/mol. The number of nitrogen functional groups attached to an aromatic ring is 1. The van der Waals surface area contributed by atoms with Gasteiger partial charge in [0.2, 0.25) is 5.95 Å². The van der Waals surface area contributed by atoms with E-state index in [9.17, 15) is 0 Å². The second-order valence-electron chi connectivity index (χ2n) is 5.20. The van der Waals surface area contributed by atoms with Gasteiger partial charge >= 0.3 is 0 Å². The van der Waals surface area contributed by atoms with Gasteiger partial charge in [-0.3, -0.25) is 4.68 Å². The molecule has 0 fully saturated rings. The number of anilines is 2. The quantitative estimate of drug-likeness (QED) is 0.724. The summed E-state index contributed by atoms with van der Waals surface area (Å²) in [6.07, 6.45) is 1.67. The minimum absolute atomic E-state index is 0.424. The summed E-state index contributed by atoms with van der Waals surface area (Å²) in [6.45, 7) is 3.88. The maximum Gasteiger partial charge on any atom is 0.226 e. The van der Waals surface area contributed by atoms with Crippen LogP contribution < -0.4 is 11.1 Å². The van der Waals surface area contributed by atoms with Gasteiger partial charge in [-0.1, -0.05) is 24.3 Å². The largest absolute Gasteiger partial charge is 0.383 e. The average molecular weight is 312 g/mol. The number of hydrogen-bond donors (Lipinski definition) is 2. The molecule has 0 saturated heterocycles. The second kappa shape index (κ2) is 6.62. The van der Waals surface area contributed by atoms with Crippen LogP contribution >= 0.6 is 0 Å². The van der Waals surface area contributed by atoms with E-state index < -0.39 is 0 Å². The van der Waals surface area contributed by atoms with Crippen molar-refractivity contribution in [2.75, 3.05) is 17.7 Å². The molecule has 0 aliphatic rings. The van der Waals surface area contributed by atoms with Crippen LogP contribution in [0.3, 0.4) is 0 Å². The smallest absolute Gasteiger partial charge is 0.226 e. The van der Waals surface area contributed by atoms with Crippen molar-refractivity contribution < 1.29 is 4.74 Å². The van der Waals surface area contributed by atoms with Gasteiger partial charge in [-0.25, -0.2) is 0 Å². The normalized spacial score (nSPS) is 11.0. The molecule has 7 nitrogen and oxygen atoms in total. The van der Waals surface area contributed by atoms with Crippen molar-refractivity contribution in [1.29, 1.82) is 0 Å². The van der Waals surface area contributed by atoms with Crippen LogP contribution in [0.25, 0.3) is 11.0 Å². The van der Waals surface area contributed by atoms with Crippen molar-refractivity contribution >= 4 is 22.8 Å². The van der Waals surface area contributed by atoms with Crippen molar-refractivity contribution in [3.05, 3.63) is 41.6 Å². The standard InChI is InChI=1S/C16H20N6O/c1-3-23-10-12-7-5-4-6-11(12)8-18-16-20-14(17)13-9-19-22(2)15(13)21-16/h4-7,9H,3,8,10H2,1-2H3,(H3,17,18,20,21). The van der Waals surface area contributed by atoms with Crippen LogP contribution in [0.4, 0.5) is 11.8 Å². The average Bonchev–Trinajstić information content (AvgIpc) is 2.93. The zero-order valence-corrected chi connectivity index (χ0v) is 13.3. The predicted molar refractivity (Wildman–Crippen MR) is 89.8 cm³/mol. The molecular formula is C16H20N6O. The molecule has 1 aromatic carbocycles. The Kier molecular flexibility index (Phi) is 4.38. The molecule has 0 spiro atoms.